The van der Waals surface area contributed by atoms with Gasteiger partial charge in [0.15, 0.2) is 6.61 Å². The highest BCUT2D eigenvalue weighted by Gasteiger charge is 2.29. The van der Waals surface area contributed by atoms with Crippen LogP contribution in [0.1, 0.15) is 31.4 Å². The van der Waals surface area contributed by atoms with Gasteiger partial charge in [-0.05, 0) is 60.2 Å². The molecule has 0 aliphatic carbocycles. The first-order valence-corrected chi connectivity index (χ1v) is 12.3. The normalized spacial score (nSPS) is 16.4. The molecule has 1 aliphatic rings. The van der Waals surface area contributed by atoms with E-state index >= 15 is 0 Å². The van der Waals surface area contributed by atoms with Crippen LogP contribution in [0.2, 0.25) is 0 Å². The van der Waals surface area contributed by atoms with Gasteiger partial charge in [-0.1, -0.05) is 32.0 Å². The third-order valence-corrected chi connectivity index (χ3v) is 6.24. The number of halogens is 1. The maximum absolute atomic E-state index is 13.6. The summed E-state index contributed by atoms with van der Waals surface area (Å²) in [7, 11) is 0. The van der Waals surface area contributed by atoms with Gasteiger partial charge in [0.05, 0.1) is 0 Å². The van der Waals surface area contributed by atoms with Crippen LogP contribution in [-0.2, 0) is 11.3 Å². The van der Waals surface area contributed by atoms with Gasteiger partial charge in [0.2, 0.25) is 5.95 Å². The summed E-state index contributed by atoms with van der Waals surface area (Å²) in [5.74, 6) is 0.520. The summed E-state index contributed by atoms with van der Waals surface area (Å²) < 4.78 is 19.0. The smallest absolute Gasteiger partial charge is 0.341 e. The Bertz CT molecular complexity index is 1190. The summed E-state index contributed by atoms with van der Waals surface area (Å²) in [5.41, 5.74) is 3.69. The van der Waals surface area contributed by atoms with E-state index in [0.717, 1.165) is 54.9 Å². The molecule has 0 radical (unpaired) electrons. The van der Waals surface area contributed by atoms with Crippen molar-refractivity contribution in [1.29, 1.82) is 0 Å². The zero-order chi connectivity index (χ0) is 25.7. The molecule has 1 aromatic heterocycles. The Kier molecular flexibility index (Phi) is 8.15. The van der Waals surface area contributed by atoms with Crippen LogP contribution in [0.4, 0.5) is 10.3 Å². The lowest BCUT2D eigenvalue weighted by Crippen LogP contribution is -2.54. The summed E-state index contributed by atoms with van der Waals surface area (Å²) >= 11 is 0. The van der Waals surface area contributed by atoms with Crippen LogP contribution in [0.3, 0.4) is 0 Å². The number of aromatic nitrogens is 2. The number of carbonyl (C=O) groups is 1. The van der Waals surface area contributed by atoms with Crippen molar-refractivity contribution in [2.75, 3.05) is 31.1 Å². The van der Waals surface area contributed by atoms with Crippen LogP contribution in [0.15, 0.2) is 54.9 Å². The Morgan fingerprint density at radius 2 is 1.92 bits per heavy atom. The van der Waals surface area contributed by atoms with Crippen LogP contribution in [-0.4, -0.2) is 58.2 Å². The number of hydrogen-bond acceptors (Lipinski definition) is 6. The summed E-state index contributed by atoms with van der Waals surface area (Å²) in [6, 6.07) is 12.6. The van der Waals surface area contributed by atoms with E-state index in [0.29, 0.717) is 17.6 Å². The molecule has 190 valence electrons. The van der Waals surface area contributed by atoms with E-state index in [-0.39, 0.29) is 18.5 Å². The van der Waals surface area contributed by atoms with Gasteiger partial charge in [-0.15, -0.1) is 0 Å². The van der Waals surface area contributed by atoms with E-state index < -0.39 is 5.97 Å². The Balaban J connectivity index is 1.46. The van der Waals surface area contributed by atoms with Crippen LogP contribution in [0.25, 0.3) is 11.1 Å². The Labute approximate surface area is 211 Å². The minimum Gasteiger partial charge on any atom is -0.482 e. The predicted molar refractivity (Wildman–Crippen MR) is 138 cm³/mol. The number of anilines is 1. The molecule has 1 fully saturated rings. The molecule has 36 heavy (non-hydrogen) atoms. The number of carboxylic acids is 1. The molecule has 1 atom stereocenters. The van der Waals surface area contributed by atoms with E-state index in [2.05, 4.69) is 39.7 Å². The number of hydrogen-bond donors (Lipinski definition) is 1. The highest BCUT2D eigenvalue weighted by Crippen LogP contribution is 2.26. The first kappa shape index (κ1) is 25.6. The van der Waals surface area contributed by atoms with Gasteiger partial charge in [-0.25, -0.2) is 19.2 Å². The zero-order valence-corrected chi connectivity index (χ0v) is 21.0. The molecule has 8 heteroatoms. The molecular weight excluding hydrogens is 459 g/mol. The van der Waals surface area contributed by atoms with Crippen molar-refractivity contribution in [2.45, 2.75) is 39.8 Å². The molecule has 1 N–H and O–H groups in total. The van der Waals surface area contributed by atoms with Crippen LogP contribution < -0.4 is 9.64 Å². The van der Waals surface area contributed by atoms with Crippen molar-refractivity contribution >= 4 is 11.9 Å². The standard InChI is InChI=1S/C28H33FN4O3/c1-19(2)9-25-17-32(16-21-10-20(3)11-26(12-21)36-18-27(34)35)7-8-33(25)28-30-14-23(15-31-28)22-5-4-6-24(29)13-22/h4-6,10-15,19,25H,7-9,16-18H2,1-3H3,(H,34,35)/t25-/m1/s1. The number of rotatable bonds is 9. The SMILES string of the molecule is Cc1cc(CN2CCN(c3ncc(-c4cccc(F)c4)cn3)[C@H](CC(C)C)C2)cc(OCC(=O)O)c1. The molecule has 0 saturated carbocycles. The van der Waals surface area contributed by atoms with E-state index in [1.807, 2.05) is 25.1 Å². The lowest BCUT2D eigenvalue weighted by atomic mass is 9.99. The van der Waals surface area contributed by atoms with Gasteiger partial charge >= 0.3 is 5.97 Å². The Morgan fingerprint density at radius 1 is 1.14 bits per heavy atom. The van der Waals surface area contributed by atoms with Crippen molar-refractivity contribution in [3.05, 3.63) is 71.8 Å². The van der Waals surface area contributed by atoms with Crippen molar-refractivity contribution in [3.8, 4) is 16.9 Å². The zero-order valence-electron chi connectivity index (χ0n) is 21.0. The van der Waals surface area contributed by atoms with Crippen LogP contribution >= 0.6 is 0 Å². The largest absolute Gasteiger partial charge is 0.482 e. The molecule has 0 amide bonds. The molecule has 1 saturated heterocycles. The van der Waals surface area contributed by atoms with E-state index in [4.69, 9.17) is 9.84 Å². The topological polar surface area (TPSA) is 78.8 Å². The van der Waals surface area contributed by atoms with Crippen molar-refractivity contribution in [1.82, 2.24) is 14.9 Å². The quantitative estimate of drug-likeness (QED) is 0.460. The highest BCUT2D eigenvalue weighted by atomic mass is 19.1. The van der Waals surface area contributed by atoms with Crippen LogP contribution in [0.5, 0.6) is 5.75 Å². The Hall–Kier alpha value is -3.52. The average molecular weight is 493 g/mol. The predicted octanol–water partition coefficient (Wildman–Crippen LogP) is 4.79. The summed E-state index contributed by atoms with van der Waals surface area (Å²) in [6.45, 7) is 9.35. The van der Waals surface area contributed by atoms with Gasteiger partial charge in [0, 0.05) is 50.2 Å². The number of piperazine rings is 1. The molecular formula is C28H33FN4O3. The minimum atomic E-state index is -0.989. The first-order valence-electron chi connectivity index (χ1n) is 12.3. The summed E-state index contributed by atoms with van der Waals surface area (Å²) in [4.78, 5) is 24.9. The molecule has 2 aromatic carbocycles. The molecule has 0 bridgehead atoms. The van der Waals surface area contributed by atoms with Crippen molar-refractivity contribution in [3.63, 3.8) is 0 Å². The third kappa shape index (κ3) is 6.79. The lowest BCUT2D eigenvalue weighted by Gasteiger charge is -2.42. The number of aryl methyl sites for hydroxylation is 1. The highest BCUT2D eigenvalue weighted by molar-refractivity contribution is 5.68. The second-order valence-corrected chi connectivity index (χ2v) is 9.83. The number of benzene rings is 2. The Morgan fingerprint density at radius 3 is 2.61 bits per heavy atom. The second kappa shape index (κ2) is 11.5. The van der Waals surface area contributed by atoms with Gasteiger partial charge < -0.3 is 14.7 Å². The molecule has 0 spiro atoms. The maximum atomic E-state index is 13.6. The minimum absolute atomic E-state index is 0.256. The van der Waals surface area contributed by atoms with E-state index in [1.54, 1.807) is 18.5 Å². The molecule has 1 aliphatic heterocycles. The monoisotopic (exact) mass is 492 g/mol. The summed E-state index contributed by atoms with van der Waals surface area (Å²) in [6.07, 6.45) is 4.54. The van der Waals surface area contributed by atoms with Gasteiger partial charge in [-0.3, -0.25) is 4.90 Å². The van der Waals surface area contributed by atoms with Gasteiger partial charge in [0.1, 0.15) is 11.6 Å². The molecule has 3 aromatic rings. The maximum Gasteiger partial charge on any atom is 0.341 e. The fourth-order valence-corrected chi connectivity index (χ4v) is 4.76. The van der Waals surface area contributed by atoms with Crippen LogP contribution in [0, 0.1) is 18.7 Å². The number of ether oxygens (including phenoxy) is 1. The summed E-state index contributed by atoms with van der Waals surface area (Å²) in [5, 5.41) is 8.92. The third-order valence-electron chi connectivity index (χ3n) is 6.24. The van der Waals surface area contributed by atoms with E-state index in [1.165, 1.54) is 12.1 Å². The number of aliphatic carboxylic acids is 1. The molecule has 4 rings (SSSR count). The lowest BCUT2D eigenvalue weighted by molar-refractivity contribution is -0.139. The van der Waals surface area contributed by atoms with Gasteiger partial charge in [-0.2, -0.15) is 0 Å². The van der Waals surface area contributed by atoms with Gasteiger partial charge in [0.25, 0.3) is 0 Å². The number of carboxylic acid groups (broad SMARTS) is 1. The second-order valence-electron chi connectivity index (χ2n) is 9.83. The molecule has 7 nitrogen and oxygen atoms in total. The fourth-order valence-electron chi connectivity index (χ4n) is 4.76. The first-order chi connectivity index (χ1) is 17.3. The van der Waals surface area contributed by atoms with Crippen molar-refractivity contribution < 1.29 is 19.0 Å². The molecule has 2 heterocycles. The number of nitrogens with zero attached hydrogens (tertiary/aromatic N) is 4. The van der Waals surface area contributed by atoms with Crippen molar-refractivity contribution in [2.24, 2.45) is 5.92 Å². The van der Waals surface area contributed by atoms with E-state index in [9.17, 15) is 9.18 Å². The fraction of sp³-hybridized carbons (Fsp3) is 0.393. The molecule has 0 unspecified atom stereocenters. The average Bonchev–Trinajstić information content (AvgIpc) is 2.82.